The molecule has 0 amide bonds. The molecule has 7 nitrogen and oxygen atoms in total. The summed E-state index contributed by atoms with van der Waals surface area (Å²) in [7, 11) is 1.40. The molecule has 1 unspecified atom stereocenters. The van der Waals surface area contributed by atoms with Gasteiger partial charge >= 0.3 is 11.9 Å². The molecule has 27 heavy (non-hydrogen) atoms. The first-order valence-corrected chi connectivity index (χ1v) is 8.88. The Hall–Kier alpha value is -2.19. The number of carbonyl (C=O) groups excluding carboxylic acids is 2. The molecule has 1 atom stereocenters. The first-order chi connectivity index (χ1) is 12.9. The third-order valence-corrected chi connectivity index (χ3v) is 4.17. The van der Waals surface area contributed by atoms with Crippen LogP contribution in [0, 0.1) is 11.7 Å². The van der Waals surface area contributed by atoms with Gasteiger partial charge < -0.3 is 23.7 Å². The normalized spacial score (nSPS) is 19.9. The fraction of sp³-hybridized carbons (Fsp3) is 0.579. The van der Waals surface area contributed by atoms with Crippen molar-refractivity contribution in [1.29, 1.82) is 0 Å². The largest absolute Gasteiger partial charge is 0.497 e. The van der Waals surface area contributed by atoms with Gasteiger partial charge in [0.25, 0.3) is 0 Å². The van der Waals surface area contributed by atoms with Gasteiger partial charge in [-0.1, -0.05) is 0 Å². The second-order valence-electron chi connectivity index (χ2n) is 6.02. The average Bonchev–Trinajstić information content (AvgIpc) is 2.59. The Morgan fingerprint density at radius 3 is 2.19 bits per heavy atom. The Morgan fingerprint density at radius 1 is 1.11 bits per heavy atom. The molecule has 150 valence electrons. The smallest absolute Gasteiger partial charge is 0.320 e. The first-order valence-electron chi connectivity index (χ1n) is 8.88. The molecule has 0 bridgehead atoms. The van der Waals surface area contributed by atoms with Crippen LogP contribution in [0.25, 0.3) is 0 Å². The van der Waals surface area contributed by atoms with E-state index >= 15 is 0 Å². The summed E-state index contributed by atoms with van der Waals surface area (Å²) in [6.45, 7) is 5.20. The van der Waals surface area contributed by atoms with E-state index in [2.05, 4.69) is 0 Å². The van der Waals surface area contributed by atoms with Crippen LogP contribution in [-0.2, 0) is 28.5 Å². The molecule has 2 rings (SSSR count). The number of hydrogen-bond donors (Lipinski definition) is 0. The van der Waals surface area contributed by atoms with Gasteiger partial charge in [0.15, 0.2) is 18.5 Å². The van der Waals surface area contributed by atoms with Crippen LogP contribution in [0.4, 0.5) is 4.39 Å². The highest BCUT2D eigenvalue weighted by atomic mass is 19.1. The molecule has 1 aliphatic heterocycles. The Balaban J connectivity index is 2.42. The number of carbonyl (C=O) groups is 2. The minimum absolute atomic E-state index is 0.0986. The van der Waals surface area contributed by atoms with E-state index in [1.807, 2.05) is 0 Å². The monoisotopic (exact) mass is 384 g/mol. The zero-order valence-electron chi connectivity index (χ0n) is 15.9. The van der Waals surface area contributed by atoms with Crippen LogP contribution in [0.15, 0.2) is 18.2 Å². The van der Waals surface area contributed by atoms with Gasteiger partial charge in [-0.15, -0.1) is 0 Å². The van der Waals surface area contributed by atoms with Gasteiger partial charge in [0.2, 0.25) is 0 Å². The fourth-order valence-electron chi connectivity index (χ4n) is 3.03. The number of esters is 2. The minimum atomic E-state index is -1.28. The standard InChI is InChI=1S/C19H25FO7/c1-5-24-18(21)17(19(22)25-6-2)15(10-16-26-11(3)27-16)12-7-13(20)9-14(8-12)23-4/h7-9,11,15-17H,5-6,10H2,1-4H3. The van der Waals surface area contributed by atoms with E-state index in [0.717, 1.165) is 0 Å². The van der Waals surface area contributed by atoms with Crippen molar-refractivity contribution in [3.8, 4) is 5.75 Å². The SMILES string of the molecule is CCOC(=O)C(C(=O)OCC)C(CC1OC(C)O1)c1cc(F)cc(OC)c1. The summed E-state index contributed by atoms with van der Waals surface area (Å²) < 4.78 is 40.2. The topological polar surface area (TPSA) is 80.3 Å². The van der Waals surface area contributed by atoms with Crippen LogP contribution in [-0.4, -0.2) is 44.8 Å². The van der Waals surface area contributed by atoms with Gasteiger partial charge in [0, 0.05) is 18.4 Å². The summed E-state index contributed by atoms with van der Waals surface area (Å²) >= 11 is 0. The number of methoxy groups -OCH3 is 1. The highest BCUT2D eigenvalue weighted by Gasteiger charge is 2.42. The lowest BCUT2D eigenvalue weighted by Gasteiger charge is -2.37. The third kappa shape index (κ3) is 5.40. The van der Waals surface area contributed by atoms with Crippen LogP contribution in [0.5, 0.6) is 5.75 Å². The molecule has 0 aromatic heterocycles. The van der Waals surface area contributed by atoms with Gasteiger partial charge in [0.1, 0.15) is 11.6 Å². The van der Waals surface area contributed by atoms with E-state index in [1.54, 1.807) is 26.8 Å². The number of hydrogen-bond acceptors (Lipinski definition) is 7. The van der Waals surface area contributed by atoms with Gasteiger partial charge in [-0.2, -0.15) is 0 Å². The van der Waals surface area contributed by atoms with Crippen molar-refractivity contribution >= 4 is 11.9 Å². The van der Waals surface area contributed by atoms with Crippen molar-refractivity contribution in [2.45, 2.75) is 45.7 Å². The molecule has 1 saturated heterocycles. The molecule has 1 aromatic rings. The maximum Gasteiger partial charge on any atom is 0.320 e. The molecule has 0 radical (unpaired) electrons. The van der Waals surface area contributed by atoms with Crippen LogP contribution < -0.4 is 4.74 Å². The molecule has 1 aromatic carbocycles. The molecule has 1 heterocycles. The molecule has 0 saturated carbocycles. The lowest BCUT2D eigenvalue weighted by molar-refractivity contribution is -0.378. The molecule has 0 aliphatic carbocycles. The van der Waals surface area contributed by atoms with Crippen LogP contribution in [0.2, 0.25) is 0 Å². The molecule has 0 spiro atoms. The Morgan fingerprint density at radius 2 is 1.70 bits per heavy atom. The van der Waals surface area contributed by atoms with Gasteiger partial charge in [0.05, 0.1) is 20.3 Å². The molecule has 0 N–H and O–H groups in total. The van der Waals surface area contributed by atoms with E-state index in [4.69, 9.17) is 23.7 Å². The average molecular weight is 384 g/mol. The van der Waals surface area contributed by atoms with Gasteiger partial charge in [-0.3, -0.25) is 9.59 Å². The lowest BCUT2D eigenvalue weighted by Crippen LogP contribution is -2.42. The number of halogens is 1. The van der Waals surface area contributed by atoms with Crippen molar-refractivity contribution in [3.05, 3.63) is 29.6 Å². The highest BCUT2D eigenvalue weighted by Crippen LogP contribution is 2.37. The predicted octanol–water partition coefficient (Wildman–Crippen LogP) is 2.77. The zero-order valence-corrected chi connectivity index (χ0v) is 15.9. The maximum atomic E-state index is 14.1. The summed E-state index contributed by atoms with van der Waals surface area (Å²) in [4.78, 5) is 25.1. The van der Waals surface area contributed by atoms with Crippen molar-refractivity contribution in [1.82, 2.24) is 0 Å². The number of rotatable bonds is 9. The van der Waals surface area contributed by atoms with E-state index in [0.29, 0.717) is 5.56 Å². The molecule has 1 aliphatic rings. The Bertz CT molecular complexity index is 639. The van der Waals surface area contributed by atoms with E-state index < -0.39 is 35.9 Å². The third-order valence-electron chi connectivity index (χ3n) is 4.17. The predicted molar refractivity (Wildman–Crippen MR) is 92.5 cm³/mol. The zero-order chi connectivity index (χ0) is 20.0. The van der Waals surface area contributed by atoms with E-state index in [1.165, 1.54) is 19.2 Å². The van der Waals surface area contributed by atoms with Crippen LogP contribution in [0.3, 0.4) is 0 Å². The van der Waals surface area contributed by atoms with E-state index in [9.17, 15) is 14.0 Å². The van der Waals surface area contributed by atoms with Crippen molar-refractivity contribution in [3.63, 3.8) is 0 Å². The van der Waals surface area contributed by atoms with Crippen molar-refractivity contribution < 1.29 is 37.7 Å². The molecule has 1 fully saturated rings. The van der Waals surface area contributed by atoms with Crippen LogP contribution in [0.1, 0.15) is 38.7 Å². The summed E-state index contributed by atoms with van der Waals surface area (Å²) in [5, 5.41) is 0. The number of ether oxygens (including phenoxy) is 5. The fourth-order valence-corrected chi connectivity index (χ4v) is 3.03. The highest BCUT2D eigenvalue weighted by molar-refractivity contribution is 5.96. The maximum absolute atomic E-state index is 14.1. The Kier molecular flexibility index (Phi) is 7.55. The molecular formula is C19H25FO7. The second kappa shape index (κ2) is 9.66. The molecule has 8 heteroatoms. The van der Waals surface area contributed by atoms with Crippen molar-refractivity contribution in [2.24, 2.45) is 5.92 Å². The first kappa shape index (κ1) is 21.1. The van der Waals surface area contributed by atoms with Crippen molar-refractivity contribution in [2.75, 3.05) is 20.3 Å². The summed E-state index contributed by atoms with van der Waals surface area (Å²) in [6.07, 6.45) is -0.842. The molecular weight excluding hydrogens is 359 g/mol. The van der Waals surface area contributed by atoms with Gasteiger partial charge in [-0.05, 0) is 38.5 Å². The Labute approximate surface area is 157 Å². The number of benzene rings is 1. The summed E-state index contributed by atoms with van der Waals surface area (Å²) in [6, 6.07) is 4.03. The second-order valence-corrected chi connectivity index (χ2v) is 6.02. The van der Waals surface area contributed by atoms with Gasteiger partial charge in [-0.25, -0.2) is 4.39 Å². The summed E-state index contributed by atoms with van der Waals surface area (Å²) in [5.74, 6) is -3.81. The van der Waals surface area contributed by atoms with Crippen LogP contribution >= 0.6 is 0 Å². The quantitative estimate of drug-likeness (QED) is 0.478. The van der Waals surface area contributed by atoms with E-state index in [-0.39, 0.29) is 31.7 Å². The summed E-state index contributed by atoms with van der Waals surface area (Å²) in [5.41, 5.74) is 0.393. The lowest BCUT2D eigenvalue weighted by atomic mass is 9.82. The minimum Gasteiger partial charge on any atom is -0.497 e.